The van der Waals surface area contributed by atoms with Gasteiger partial charge in [-0.2, -0.15) is 5.10 Å². The van der Waals surface area contributed by atoms with E-state index in [0.717, 1.165) is 31.8 Å². The van der Waals surface area contributed by atoms with Gasteiger partial charge < -0.3 is 15.4 Å². The molecule has 0 radical (unpaired) electrons. The van der Waals surface area contributed by atoms with Crippen LogP contribution in [0.4, 0.5) is 5.69 Å². The molecule has 2 N–H and O–H groups in total. The molecule has 2 aliphatic rings. The van der Waals surface area contributed by atoms with Gasteiger partial charge in [0.15, 0.2) is 0 Å². The largest absolute Gasteiger partial charge is 0.381 e. The molecule has 116 valence electrons. The van der Waals surface area contributed by atoms with Gasteiger partial charge in [-0.25, -0.2) is 4.68 Å². The number of nitrogens with two attached hydrogens (primary N) is 1. The summed E-state index contributed by atoms with van der Waals surface area (Å²) in [5.41, 5.74) is 7.05. The lowest BCUT2D eigenvalue weighted by Crippen LogP contribution is -2.39. The van der Waals surface area contributed by atoms with Crippen LogP contribution in [0.2, 0.25) is 0 Å². The van der Waals surface area contributed by atoms with Crippen molar-refractivity contribution in [3.8, 4) is 0 Å². The fourth-order valence-corrected chi connectivity index (χ4v) is 3.13. The van der Waals surface area contributed by atoms with Crippen LogP contribution in [0.1, 0.15) is 25.7 Å². The van der Waals surface area contributed by atoms with E-state index in [1.165, 1.54) is 23.9 Å². The highest BCUT2D eigenvalue weighted by Crippen LogP contribution is 2.18. The second-order valence-electron chi connectivity index (χ2n) is 6.07. The minimum atomic E-state index is -0.0708. The zero-order valence-electron chi connectivity index (χ0n) is 12.4. The van der Waals surface area contributed by atoms with Crippen LogP contribution in [-0.2, 0) is 11.3 Å². The van der Waals surface area contributed by atoms with E-state index in [-0.39, 0.29) is 11.6 Å². The van der Waals surface area contributed by atoms with Gasteiger partial charge in [-0.15, -0.1) is 0 Å². The molecule has 1 aromatic rings. The molecule has 6 nitrogen and oxygen atoms in total. The Labute approximate surface area is 124 Å². The number of nitrogens with zero attached hydrogens (tertiary/aromatic N) is 3. The highest BCUT2D eigenvalue weighted by atomic mass is 16.5. The standard InChI is InChI=1S/C15H24N4O2/c16-14(12-4-7-21-11-12)10-19-15(20)8-13(9-17-19)18-5-2-1-3-6-18/h8-9,12,14H,1-7,10-11,16H2. The van der Waals surface area contributed by atoms with E-state index in [4.69, 9.17) is 10.5 Å². The second-order valence-corrected chi connectivity index (χ2v) is 6.07. The molecule has 2 atom stereocenters. The topological polar surface area (TPSA) is 73.4 Å². The quantitative estimate of drug-likeness (QED) is 0.879. The number of rotatable bonds is 4. The number of aromatic nitrogens is 2. The number of piperidine rings is 1. The van der Waals surface area contributed by atoms with Crippen molar-refractivity contribution in [1.82, 2.24) is 9.78 Å². The molecule has 0 saturated carbocycles. The van der Waals surface area contributed by atoms with E-state index in [0.29, 0.717) is 19.1 Å². The number of anilines is 1. The van der Waals surface area contributed by atoms with Crippen molar-refractivity contribution in [1.29, 1.82) is 0 Å². The highest BCUT2D eigenvalue weighted by molar-refractivity contribution is 5.43. The maximum absolute atomic E-state index is 12.2. The highest BCUT2D eigenvalue weighted by Gasteiger charge is 2.23. The van der Waals surface area contributed by atoms with Gasteiger partial charge in [0.2, 0.25) is 0 Å². The van der Waals surface area contributed by atoms with Crippen LogP contribution in [0.5, 0.6) is 0 Å². The Morgan fingerprint density at radius 1 is 1.38 bits per heavy atom. The summed E-state index contributed by atoms with van der Waals surface area (Å²) >= 11 is 0. The van der Waals surface area contributed by atoms with Crippen molar-refractivity contribution in [3.63, 3.8) is 0 Å². The Morgan fingerprint density at radius 3 is 2.86 bits per heavy atom. The smallest absolute Gasteiger partial charge is 0.268 e. The van der Waals surface area contributed by atoms with Crippen LogP contribution in [0.15, 0.2) is 17.1 Å². The first-order valence-corrected chi connectivity index (χ1v) is 7.89. The maximum atomic E-state index is 12.2. The van der Waals surface area contributed by atoms with Crippen molar-refractivity contribution in [3.05, 3.63) is 22.6 Å². The molecule has 3 heterocycles. The average molecular weight is 292 g/mol. The van der Waals surface area contributed by atoms with Crippen LogP contribution in [0.25, 0.3) is 0 Å². The molecule has 1 aromatic heterocycles. The molecule has 21 heavy (non-hydrogen) atoms. The third-order valence-corrected chi connectivity index (χ3v) is 4.53. The first-order chi connectivity index (χ1) is 10.2. The summed E-state index contributed by atoms with van der Waals surface area (Å²) in [6, 6.07) is 1.62. The fraction of sp³-hybridized carbons (Fsp3) is 0.733. The molecule has 2 saturated heterocycles. The predicted molar refractivity (Wildman–Crippen MR) is 81.5 cm³/mol. The number of ether oxygens (including phenoxy) is 1. The van der Waals surface area contributed by atoms with Gasteiger partial charge in [-0.05, 0) is 25.7 Å². The molecule has 2 fully saturated rings. The normalized spacial score (nSPS) is 24.2. The number of hydrogen-bond acceptors (Lipinski definition) is 5. The van der Waals surface area contributed by atoms with Crippen molar-refractivity contribution in [2.45, 2.75) is 38.3 Å². The van der Waals surface area contributed by atoms with Crippen LogP contribution in [0.3, 0.4) is 0 Å². The molecule has 3 rings (SSSR count). The molecule has 0 aliphatic carbocycles. The lowest BCUT2D eigenvalue weighted by Gasteiger charge is -2.28. The summed E-state index contributed by atoms with van der Waals surface area (Å²) in [5.74, 6) is 0.334. The zero-order chi connectivity index (χ0) is 14.7. The maximum Gasteiger partial charge on any atom is 0.268 e. The summed E-state index contributed by atoms with van der Waals surface area (Å²) in [5, 5.41) is 4.31. The first kappa shape index (κ1) is 14.5. The van der Waals surface area contributed by atoms with Crippen LogP contribution in [0, 0.1) is 5.92 Å². The summed E-state index contributed by atoms with van der Waals surface area (Å²) < 4.78 is 6.83. The third kappa shape index (κ3) is 3.44. The molecular weight excluding hydrogens is 268 g/mol. The van der Waals surface area contributed by atoms with Gasteiger partial charge in [0.1, 0.15) is 0 Å². The van der Waals surface area contributed by atoms with E-state index in [1.54, 1.807) is 12.3 Å². The van der Waals surface area contributed by atoms with Gasteiger partial charge >= 0.3 is 0 Å². The summed E-state index contributed by atoms with van der Waals surface area (Å²) in [6.07, 6.45) is 6.43. The SMILES string of the molecule is NC(Cn1ncc(N2CCCCC2)cc1=O)C1CCOC1. The first-order valence-electron chi connectivity index (χ1n) is 7.89. The van der Waals surface area contributed by atoms with E-state index >= 15 is 0 Å². The van der Waals surface area contributed by atoms with Gasteiger partial charge in [0, 0.05) is 37.7 Å². The van der Waals surface area contributed by atoms with Gasteiger partial charge in [0.25, 0.3) is 5.56 Å². The second kappa shape index (κ2) is 6.58. The van der Waals surface area contributed by atoms with E-state index < -0.39 is 0 Å². The minimum Gasteiger partial charge on any atom is -0.381 e. The lowest BCUT2D eigenvalue weighted by molar-refractivity contribution is 0.178. The Bertz CT molecular complexity index is 519. The predicted octanol–water partition coefficient (Wildman–Crippen LogP) is 0.597. The summed E-state index contributed by atoms with van der Waals surface area (Å²) in [4.78, 5) is 14.5. The van der Waals surface area contributed by atoms with Crippen LogP contribution >= 0.6 is 0 Å². The Hall–Kier alpha value is -1.40. The average Bonchev–Trinajstić information content (AvgIpc) is 3.04. The van der Waals surface area contributed by atoms with Crippen molar-refractivity contribution in [2.75, 3.05) is 31.2 Å². The van der Waals surface area contributed by atoms with Crippen molar-refractivity contribution in [2.24, 2.45) is 11.7 Å². The summed E-state index contributed by atoms with van der Waals surface area (Å²) in [6.45, 7) is 3.97. The molecule has 0 aromatic carbocycles. The molecule has 2 aliphatic heterocycles. The van der Waals surface area contributed by atoms with E-state index in [1.807, 2.05) is 0 Å². The Morgan fingerprint density at radius 2 is 2.19 bits per heavy atom. The minimum absolute atomic E-state index is 0.0626. The monoisotopic (exact) mass is 292 g/mol. The lowest BCUT2D eigenvalue weighted by atomic mass is 10.0. The van der Waals surface area contributed by atoms with Gasteiger partial charge in [-0.3, -0.25) is 4.79 Å². The molecule has 0 bridgehead atoms. The van der Waals surface area contributed by atoms with E-state index in [9.17, 15) is 4.79 Å². The van der Waals surface area contributed by atoms with Crippen LogP contribution < -0.4 is 16.2 Å². The molecule has 0 spiro atoms. The van der Waals surface area contributed by atoms with Crippen molar-refractivity contribution < 1.29 is 4.74 Å². The molecule has 2 unspecified atom stereocenters. The zero-order valence-corrected chi connectivity index (χ0v) is 12.4. The Balaban J connectivity index is 1.67. The fourth-order valence-electron chi connectivity index (χ4n) is 3.13. The van der Waals surface area contributed by atoms with Crippen LogP contribution in [-0.4, -0.2) is 42.1 Å². The summed E-state index contributed by atoms with van der Waals surface area (Å²) in [7, 11) is 0. The molecule has 6 heteroatoms. The van der Waals surface area contributed by atoms with Gasteiger partial charge in [-0.1, -0.05) is 0 Å². The van der Waals surface area contributed by atoms with Crippen molar-refractivity contribution >= 4 is 5.69 Å². The van der Waals surface area contributed by atoms with Gasteiger partial charge in [0.05, 0.1) is 25.0 Å². The third-order valence-electron chi connectivity index (χ3n) is 4.53. The van der Waals surface area contributed by atoms with E-state index in [2.05, 4.69) is 10.00 Å². The Kier molecular flexibility index (Phi) is 4.55. The number of hydrogen-bond donors (Lipinski definition) is 1. The molecular formula is C15H24N4O2. The molecule has 0 amide bonds.